The van der Waals surface area contributed by atoms with E-state index in [-0.39, 0.29) is 17.6 Å². The van der Waals surface area contributed by atoms with Crippen LogP contribution in [0.4, 0.5) is 5.69 Å². The highest BCUT2D eigenvalue weighted by molar-refractivity contribution is 5.82. The monoisotopic (exact) mass is 402 g/mol. The maximum atomic E-state index is 12.6. The molecule has 2 fully saturated rings. The molecule has 3 rings (SSSR count). The average Bonchev–Trinajstić information content (AvgIpc) is 3.29. The van der Waals surface area contributed by atoms with Gasteiger partial charge in [-0.15, -0.1) is 0 Å². The lowest BCUT2D eigenvalue weighted by Crippen LogP contribution is -2.57. The molecule has 0 saturated carbocycles. The fourth-order valence-corrected chi connectivity index (χ4v) is 3.93. The predicted molar refractivity (Wildman–Crippen MR) is 112 cm³/mol. The number of piperazine rings is 1. The number of nitro groups is 1. The quantitative estimate of drug-likeness (QED) is 0.345. The van der Waals surface area contributed by atoms with E-state index in [2.05, 4.69) is 20.1 Å². The summed E-state index contributed by atoms with van der Waals surface area (Å²) in [6.07, 6.45) is 2.23. The summed E-state index contributed by atoms with van der Waals surface area (Å²) in [6, 6.07) is 6.45. The van der Waals surface area contributed by atoms with Crippen LogP contribution < -0.4 is 5.32 Å². The van der Waals surface area contributed by atoms with E-state index in [0.717, 1.165) is 63.6 Å². The van der Waals surface area contributed by atoms with E-state index in [1.54, 1.807) is 19.2 Å². The van der Waals surface area contributed by atoms with Gasteiger partial charge in [-0.25, -0.2) is 0 Å². The van der Waals surface area contributed by atoms with Crippen LogP contribution in [0.3, 0.4) is 0 Å². The standard InChI is InChI=1S/C20H30N6O3/c1-16(19(27)24-9-3-4-10-24)23-11-13-25(14-12-23)20(21-2)22-15-17-5-7-18(8-6-17)26(28)29/h5-8,16H,3-4,9-15H2,1-2H3,(H,21,22). The molecule has 1 N–H and O–H groups in total. The smallest absolute Gasteiger partial charge is 0.269 e. The second kappa shape index (κ2) is 9.69. The van der Waals surface area contributed by atoms with Crippen LogP contribution in [-0.4, -0.2) is 83.8 Å². The summed E-state index contributed by atoms with van der Waals surface area (Å²) in [5, 5.41) is 14.1. The van der Waals surface area contributed by atoms with E-state index in [4.69, 9.17) is 0 Å². The molecule has 2 aliphatic rings. The molecular formula is C20H30N6O3. The molecule has 2 aliphatic heterocycles. The number of hydrogen-bond donors (Lipinski definition) is 1. The molecule has 0 bridgehead atoms. The molecule has 1 unspecified atom stereocenters. The van der Waals surface area contributed by atoms with Crippen molar-refractivity contribution in [1.29, 1.82) is 0 Å². The molecule has 1 aromatic rings. The van der Waals surface area contributed by atoms with Crippen LogP contribution in [0, 0.1) is 10.1 Å². The van der Waals surface area contributed by atoms with Gasteiger partial charge in [0, 0.05) is 65.0 Å². The molecule has 158 valence electrons. The zero-order valence-corrected chi connectivity index (χ0v) is 17.2. The summed E-state index contributed by atoms with van der Waals surface area (Å²) in [5.41, 5.74) is 1.05. The number of benzene rings is 1. The molecule has 0 aromatic heterocycles. The highest BCUT2D eigenvalue weighted by atomic mass is 16.6. The van der Waals surface area contributed by atoms with Crippen molar-refractivity contribution in [2.45, 2.75) is 32.4 Å². The zero-order chi connectivity index (χ0) is 20.8. The summed E-state index contributed by atoms with van der Waals surface area (Å²) in [4.78, 5) is 33.8. The minimum Gasteiger partial charge on any atom is -0.352 e. The Morgan fingerprint density at radius 3 is 2.28 bits per heavy atom. The van der Waals surface area contributed by atoms with Gasteiger partial charge in [-0.3, -0.25) is 24.8 Å². The minimum absolute atomic E-state index is 0.0784. The number of nitro benzene ring substituents is 1. The first-order chi connectivity index (χ1) is 14.0. The van der Waals surface area contributed by atoms with Crippen molar-refractivity contribution >= 4 is 17.6 Å². The molecular weight excluding hydrogens is 372 g/mol. The van der Waals surface area contributed by atoms with Crippen molar-refractivity contribution in [2.24, 2.45) is 4.99 Å². The Hall–Kier alpha value is -2.68. The highest BCUT2D eigenvalue weighted by Crippen LogP contribution is 2.15. The molecule has 2 saturated heterocycles. The molecule has 1 amide bonds. The number of nitrogens with zero attached hydrogens (tertiary/aromatic N) is 5. The van der Waals surface area contributed by atoms with Crippen molar-refractivity contribution < 1.29 is 9.72 Å². The fraction of sp³-hybridized carbons (Fsp3) is 0.600. The first kappa shape index (κ1) is 21.0. The third kappa shape index (κ3) is 5.23. The van der Waals surface area contributed by atoms with Gasteiger partial charge in [-0.2, -0.15) is 0 Å². The molecule has 0 spiro atoms. The van der Waals surface area contributed by atoms with Gasteiger partial charge >= 0.3 is 0 Å². The SMILES string of the molecule is CN=C(NCc1ccc([N+](=O)[O-])cc1)N1CCN(C(C)C(=O)N2CCCC2)CC1. The van der Waals surface area contributed by atoms with Gasteiger partial charge in [0.1, 0.15) is 0 Å². The van der Waals surface area contributed by atoms with E-state index in [1.165, 1.54) is 12.1 Å². The lowest BCUT2D eigenvalue weighted by atomic mass is 10.2. The number of amides is 1. The first-order valence-corrected chi connectivity index (χ1v) is 10.2. The van der Waals surface area contributed by atoms with Crippen molar-refractivity contribution in [2.75, 3.05) is 46.3 Å². The molecule has 9 nitrogen and oxygen atoms in total. The molecule has 29 heavy (non-hydrogen) atoms. The molecule has 0 radical (unpaired) electrons. The lowest BCUT2D eigenvalue weighted by molar-refractivity contribution is -0.384. The number of likely N-dealkylation sites (tertiary alicyclic amines) is 1. The van der Waals surface area contributed by atoms with Gasteiger partial charge in [-0.1, -0.05) is 12.1 Å². The van der Waals surface area contributed by atoms with Gasteiger partial charge in [0.15, 0.2) is 5.96 Å². The summed E-state index contributed by atoms with van der Waals surface area (Å²) in [7, 11) is 1.75. The normalized spacial score (nSPS) is 19.3. The lowest BCUT2D eigenvalue weighted by Gasteiger charge is -2.39. The van der Waals surface area contributed by atoms with E-state index in [9.17, 15) is 14.9 Å². The van der Waals surface area contributed by atoms with E-state index in [1.807, 2.05) is 11.8 Å². The van der Waals surface area contributed by atoms with Crippen molar-refractivity contribution in [3.05, 3.63) is 39.9 Å². The van der Waals surface area contributed by atoms with Crippen LogP contribution in [0.15, 0.2) is 29.3 Å². The second-order valence-electron chi connectivity index (χ2n) is 7.56. The Kier molecular flexibility index (Phi) is 7.03. The number of carbonyl (C=O) groups is 1. The Labute approximate surface area is 171 Å². The third-order valence-corrected chi connectivity index (χ3v) is 5.75. The maximum absolute atomic E-state index is 12.6. The van der Waals surface area contributed by atoms with Gasteiger partial charge < -0.3 is 15.1 Å². The molecule has 0 aliphatic carbocycles. The van der Waals surface area contributed by atoms with Crippen LogP contribution in [0.2, 0.25) is 0 Å². The van der Waals surface area contributed by atoms with Crippen LogP contribution in [0.25, 0.3) is 0 Å². The number of rotatable bonds is 5. The zero-order valence-electron chi connectivity index (χ0n) is 17.2. The average molecular weight is 402 g/mol. The molecule has 1 aromatic carbocycles. The Balaban J connectivity index is 1.48. The summed E-state index contributed by atoms with van der Waals surface area (Å²) in [6.45, 7) is 7.59. The van der Waals surface area contributed by atoms with Crippen molar-refractivity contribution in [1.82, 2.24) is 20.0 Å². The number of hydrogen-bond acceptors (Lipinski definition) is 5. The number of aliphatic imine (C=N–C) groups is 1. The summed E-state index contributed by atoms with van der Waals surface area (Å²) in [5.74, 6) is 1.05. The maximum Gasteiger partial charge on any atom is 0.269 e. The predicted octanol–water partition coefficient (Wildman–Crippen LogP) is 1.30. The topological polar surface area (TPSA) is 94.3 Å². The number of nitrogens with one attached hydrogen (secondary N) is 1. The van der Waals surface area contributed by atoms with Crippen LogP contribution >= 0.6 is 0 Å². The van der Waals surface area contributed by atoms with Gasteiger partial charge in [0.2, 0.25) is 5.91 Å². The van der Waals surface area contributed by atoms with E-state index in [0.29, 0.717) is 6.54 Å². The largest absolute Gasteiger partial charge is 0.352 e. The van der Waals surface area contributed by atoms with Crippen molar-refractivity contribution in [3.63, 3.8) is 0 Å². The van der Waals surface area contributed by atoms with E-state index >= 15 is 0 Å². The minimum atomic E-state index is -0.398. The summed E-state index contributed by atoms with van der Waals surface area (Å²) < 4.78 is 0. The van der Waals surface area contributed by atoms with Gasteiger partial charge in [0.25, 0.3) is 5.69 Å². The fourth-order valence-electron chi connectivity index (χ4n) is 3.93. The molecule has 1 atom stereocenters. The Bertz CT molecular complexity index is 737. The van der Waals surface area contributed by atoms with Gasteiger partial charge in [0.05, 0.1) is 11.0 Å². The third-order valence-electron chi connectivity index (χ3n) is 5.75. The van der Waals surface area contributed by atoms with Crippen molar-refractivity contribution in [3.8, 4) is 0 Å². The second-order valence-corrected chi connectivity index (χ2v) is 7.56. The van der Waals surface area contributed by atoms with Crippen LogP contribution in [0.5, 0.6) is 0 Å². The van der Waals surface area contributed by atoms with E-state index < -0.39 is 4.92 Å². The molecule has 2 heterocycles. The summed E-state index contributed by atoms with van der Waals surface area (Å²) >= 11 is 0. The number of carbonyl (C=O) groups excluding carboxylic acids is 1. The number of non-ortho nitro benzene ring substituents is 1. The van der Waals surface area contributed by atoms with Crippen LogP contribution in [-0.2, 0) is 11.3 Å². The Morgan fingerprint density at radius 1 is 1.10 bits per heavy atom. The molecule has 9 heteroatoms. The first-order valence-electron chi connectivity index (χ1n) is 10.2. The van der Waals surface area contributed by atoms with Gasteiger partial charge in [-0.05, 0) is 25.3 Å². The Morgan fingerprint density at radius 2 is 1.72 bits per heavy atom. The highest BCUT2D eigenvalue weighted by Gasteiger charge is 2.30. The van der Waals surface area contributed by atoms with Crippen LogP contribution in [0.1, 0.15) is 25.3 Å². The number of guanidine groups is 1.